The van der Waals surface area contributed by atoms with Crippen LogP contribution in [-0.4, -0.2) is 50.1 Å². The molecule has 1 unspecified atom stereocenters. The molecule has 0 spiro atoms. The summed E-state index contributed by atoms with van der Waals surface area (Å²) in [4.78, 5) is 20.0. The van der Waals surface area contributed by atoms with E-state index in [0.717, 1.165) is 21.5 Å². The highest BCUT2D eigenvalue weighted by Gasteiger charge is 2.34. The van der Waals surface area contributed by atoms with E-state index in [1.54, 1.807) is 12.0 Å². The maximum Gasteiger partial charge on any atom is 0.233 e. The zero-order valence-corrected chi connectivity index (χ0v) is 19.2. The van der Waals surface area contributed by atoms with Gasteiger partial charge in [0.1, 0.15) is 5.75 Å². The summed E-state index contributed by atoms with van der Waals surface area (Å²) in [5.74, 6) is 0.247. The minimum absolute atomic E-state index is 0.0942. The molecule has 3 aromatic rings. The van der Waals surface area contributed by atoms with Gasteiger partial charge in [0.25, 0.3) is 0 Å². The number of methoxy groups -OCH3 is 1. The van der Waals surface area contributed by atoms with Crippen molar-refractivity contribution in [2.24, 2.45) is 5.92 Å². The summed E-state index contributed by atoms with van der Waals surface area (Å²) in [6, 6.07) is 15.4. The molecule has 0 bridgehead atoms. The molecule has 1 aliphatic heterocycles. The third kappa shape index (κ3) is 4.89. The fourth-order valence-electron chi connectivity index (χ4n) is 3.81. The van der Waals surface area contributed by atoms with Crippen LogP contribution in [0.4, 0.5) is 5.13 Å². The lowest BCUT2D eigenvalue weighted by Crippen LogP contribution is -2.46. The average molecular weight is 460 g/mol. The van der Waals surface area contributed by atoms with Gasteiger partial charge >= 0.3 is 0 Å². The smallest absolute Gasteiger partial charge is 0.233 e. The van der Waals surface area contributed by atoms with E-state index in [1.165, 1.54) is 21.9 Å². The number of benzene rings is 2. The minimum Gasteiger partial charge on any atom is -0.497 e. The third-order valence-electron chi connectivity index (χ3n) is 5.47. The Bertz CT molecular complexity index is 1180. The van der Waals surface area contributed by atoms with Crippen LogP contribution in [0.1, 0.15) is 18.4 Å². The number of rotatable bonds is 6. The molecule has 0 saturated carbocycles. The van der Waals surface area contributed by atoms with Gasteiger partial charge in [0, 0.05) is 13.1 Å². The molecule has 7 nitrogen and oxygen atoms in total. The second-order valence-electron chi connectivity index (χ2n) is 7.70. The van der Waals surface area contributed by atoms with Gasteiger partial charge in [0.15, 0.2) is 5.13 Å². The van der Waals surface area contributed by atoms with Crippen LogP contribution in [0.5, 0.6) is 5.75 Å². The number of carbonyl (C=O) groups is 1. The molecular weight excluding hydrogens is 434 g/mol. The van der Waals surface area contributed by atoms with E-state index in [-0.39, 0.29) is 12.5 Å². The number of carbonyl (C=O) groups excluding carboxylic acids is 1. The van der Waals surface area contributed by atoms with Crippen molar-refractivity contribution in [2.75, 3.05) is 31.4 Å². The summed E-state index contributed by atoms with van der Waals surface area (Å²) >= 11 is 1.43. The van der Waals surface area contributed by atoms with Gasteiger partial charge < -0.3 is 4.74 Å². The van der Waals surface area contributed by atoms with Crippen molar-refractivity contribution in [1.82, 2.24) is 9.29 Å². The molecule has 4 rings (SSSR count). The van der Waals surface area contributed by atoms with Crippen LogP contribution in [0.15, 0.2) is 48.5 Å². The van der Waals surface area contributed by atoms with Gasteiger partial charge in [0.05, 0.1) is 36.0 Å². The second-order valence-corrected chi connectivity index (χ2v) is 10.7. The maximum absolute atomic E-state index is 13.6. The third-order valence-corrected chi connectivity index (χ3v) is 7.78. The summed E-state index contributed by atoms with van der Waals surface area (Å²) in [5.41, 5.74) is 1.79. The van der Waals surface area contributed by atoms with Gasteiger partial charge in [-0.25, -0.2) is 17.7 Å². The van der Waals surface area contributed by atoms with E-state index in [0.29, 0.717) is 31.1 Å². The number of thiazole rings is 1. The maximum atomic E-state index is 13.6. The van der Waals surface area contributed by atoms with E-state index in [4.69, 9.17) is 9.72 Å². The summed E-state index contributed by atoms with van der Waals surface area (Å²) in [5, 5.41) is 0.605. The van der Waals surface area contributed by atoms with Gasteiger partial charge in [-0.3, -0.25) is 9.69 Å². The molecule has 0 N–H and O–H groups in total. The average Bonchev–Trinajstić information content (AvgIpc) is 3.20. The van der Waals surface area contributed by atoms with Crippen molar-refractivity contribution in [3.8, 4) is 5.75 Å². The molecule has 1 atom stereocenters. The van der Waals surface area contributed by atoms with E-state index in [1.807, 2.05) is 48.5 Å². The number of anilines is 1. The summed E-state index contributed by atoms with van der Waals surface area (Å²) in [6.07, 6.45) is 2.52. The van der Waals surface area contributed by atoms with Crippen LogP contribution in [-0.2, 0) is 21.4 Å². The molecule has 2 aromatic carbocycles. The Morgan fingerprint density at radius 2 is 2.03 bits per heavy atom. The topological polar surface area (TPSA) is 79.8 Å². The van der Waals surface area contributed by atoms with Gasteiger partial charge in [-0.1, -0.05) is 41.7 Å². The van der Waals surface area contributed by atoms with Crippen LogP contribution in [0, 0.1) is 5.92 Å². The number of amides is 1. The van der Waals surface area contributed by atoms with Gasteiger partial charge in [-0.05, 0) is 36.6 Å². The molecule has 1 fully saturated rings. The highest BCUT2D eigenvalue weighted by atomic mass is 32.2. The molecule has 1 aromatic heterocycles. The number of sulfonamides is 1. The van der Waals surface area contributed by atoms with Gasteiger partial charge in [-0.15, -0.1) is 0 Å². The predicted molar refractivity (Wildman–Crippen MR) is 123 cm³/mol. The number of ether oxygens (including phenoxy) is 1. The second kappa shape index (κ2) is 8.94. The number of hydrogen-bond donors (Lipinski definition) is 0. The summed E-state index contributed by atoms with van der Waals surface area (Å²) < 4.78 is 31.7. The van der Waals surface area contributed by atoms with Crippen molar-refractivity contribution >= 4 is 42.6 Å². The lowest BCUT2D eigenvalue weighted by atomic mass is 9.98. The molecule has 0 radical (unpaired) electrons. The van der Waals surface area contributed by atoms with Crippen molar-refractivity contribution in [3.05, 3.63) is 54.1 Å². The Hall–Kier alpha value is -2.49. The van der Waals surface area contributed by atoms with Crippen molar-refractivity contribution in [2.45, 2.75) is 19.4 Å². The van der Waals surface area contributed by atoms with Gasteiger partial charge in [0.2, 0.25) is 15.9 Å². The molecule has 31 heavy (non-hydrogen) atoms. The molecule has 1 saturated heterocycles. The number of nitrogens with zero attached hydrogens (tertiary/aromatic N) is 3. The molecule has 164 valence electrons. The van der Waals surface area contributed by atoms with E-state index >= 15 is 0 Å². The largest absolute Gasteiger partial charge is 0.497 e. The first-order chi connectivity index (χ1) is 14.8. The van der Waals surface area contributed by atoms with Crippen LogP contribution >= 0.6 is 11.3 Å². The van der Waals surface area contributed by atoms with Crippen molar-refractivity contribution in [1.29, 1.82) is 0 Å². The molecular formula is C22H25N3O4S2. The SMILES string of the molecule is COc1ccc2nc(N(Cc3ccccc3)C(=O)C3CCCN(S(C)(=O)=O)C3)sc2c1. The Kier molecular flexibility index (Phi) is 6.27. The standard InChI is InChI=1S/C22H25N3O4S2/c1-29-18-10-11-19-20(13-18)30-22(23-19)25(14-16-7-4-3-5-8-16)21(26)17-9-6-12-24(15-17)31(2,27)28/h3-5,7-8,10-11,13,17H,6,9,12,14-15H2,1-2H3. The monoisotopic (exact) mass is 459 g/mol. The molecule has 9 heteroatoms. The highest BCUT2D eigenvalue weighted by Crippen LogP contribution is 2.34. The quantitative estimate of drug-likeness (QED) is 0.564. The Morgan fingerprint density at radius 3 is 2.74 bits per heavy atom. The summed E-state index contributed by atoms with van der Waals surface area (Å²) in [7, 11) is -1.72. The highest BCUT2D eigenvalue weighted by molar-refractivity contribution is 7.88. The van der Waals surface area contributed by atoms with Crippen LogP contribution in [0.25, 0.3) is 10.2 Å². The van der Waals surface area contributed by atoms with Gasteiger partial charge in [-0.2, -0.15) is 0 Å². The number of aromatic nitrogens is 1. The lowest BCUT2D eigenvalue weighted by molar-refractivity contribution is -0.123. The Morgan fingerprint density at radius 1 is 1.26 bits per heavy atom. The number of piperidine rings is 1. The van der Waals surface area contributed by atoms with Crippen LogP contribution < -0.4 is 9.64 Å². The van der Waals surface area contributed by atoms with Crippen molar-refractivity contribution < 1.29 is 17.9 Å². The number of hydrogen-bond acceptors (Lipinski definition) is 6. The predicted octanol–water partition coefficient (Wildman–Crippen LogP) is 3.51. The number of fused-ring (bicyclic) bond motifs is 1. The zero-order valence-electron chi connectivity index (χ0n) is 17.5. The van der Waals surface area contributed by atoms with Crippen LogP contribution in [0.2, 0.25) is 0 Å². The zero-order chi connectivity index (χ0) is 22.0. The van der Waals surface area contributed by atoms with E-state index in [2.05, 4.69) is 0 Å². The van der Waals surface area contributed by atoms with E-state index < -0.39 is 15.9 Å². The first kappa shape index (κ1) is 21.7. The first-order valence-corrected chi connectivity index (χ1v) is 12.8. The van der Waals surface area contributed by atoms with E-state index in [9.17, 15) is 13.2 Å². The summed E-state index contributed by atoms with van der Waals surface area (Å²) in [6.45, 7) is 1.05. The molecule has 1 aliphatic rings. The fraction of sp³-hybridized carbons (Fsp3) is 0.364. The molecule has 1 amide bonds. The molecule has 2 heterocycles. The Balaban J connectivity index is 1.68. The van der Waals surface area contributed by atoms with Crippen LogP contribution in [0.3, 0.4) is 0 Å². The first-order valence-electron chi connectivity index (χ1n) is 10.1. The molecule has 0 aliphatic carbocycles. The lowest BCUT2D eigenvalue weighted by Gasteiger charge is -2.33. The normalized spacial score (nSPS) is 17.5. The Labute approximate surface area is 186 Å². The minimum atomic E-state index is -3.33. The fourth-order valence-corrected chi connectivity index (χ4v) is 5.72. The van der Waals surface area contributed by atoms with Crippen molar-refractivity contribution in [3.63, 3.8) is 0 Å².